The maximum absolute atomic E-state index is 15.9. The van der Waals surface area contributed by atoms with Crippen LogP contribution in [0, 0.1) is 5.82 Å². The van der Waals surface area contributed by atoms with Crippen molar-refractivity contribution in [2.24, 2.45) is 5.73 Å². The van der Waals surface area contributed by atoms with Crippen molar-refractivity contribution in [1.82, 2.24) is 30.8 Å². The smallest absolute Gasteiger partial charge is 0.407 e. The summed E-state index contributed by atoms with van der Waals surface area (Å²) in [5.41, 5.74) is 3.88. The number of cyclic esters (lactones) is 1. The molecule has 19 heteroatoms. The summed E-state index contributed by atoms with van der Waals surface area (Å²) in [7, 11) is 0. The van der Waals surface area contributed by atoms with Crippen LogP contribution in [0.5, 0.6) is 0 Å². The maximum atomic E-state index is 15.9. The van der Waals surface area contributed by atoms with E-state index in [0.29, 0.717) is 22.1 Å². The number of hydrogen-bond donors (Lipinski definition) is 7. The Labute approximate surface area is 342 Å². The zero-order valence-electron chi connectivity index (χ0n) is 33.3. The number of ether oxygens (including phenoxy) is 2. The average molecular weight is 829 g/mol. The first kappa shape index (κ1) is 42.9. The highest BCUT2D eigenvalue weighted by molar-refractivity contribution is 5.99. The Balaban J connectivity index is 1.29. The summed E-state index contributed by atoms with van der Waals surface area (Å²) in [5.74, 6) is -4.60. The fraction of sp³-hybridized carbons (Fsp3) is 0.366. The Morgan fingerprint density at radius 1 is 1.00 bits per heavy atom. The van der Waals surface area contributed by atoms with Crippen molar-refractivity contribution in [2.45, 2.75) is 77.5 Å². The number of nitrogens with one attached hydrogen (secondary N) is 5. The molecule has 0 saturated carbocycles. The summed E-state index contributed by atoms with van der Waals surface area (Å²) in [6.45, 7) is 4.67. The summed E-state index contributed by atoms with van der Waals surface area (Å²) < 4.78 is 27.8. The van der Waals surface area contributed by atoms with Gasteiger partial charge in [-0.25, -0.2) is 19.0 Å². The third-order valence-corrected chi connectivity index (χ3v) is 9.97. The zero-order valence-corrected chi connectivity index (χ0v) is 33.3. The number of benzene rings is 2. The van der Waals surface area contributed by atoms with Gasteiger partial charge in [-0.2, -0.15) is 0 Å². The number of nitrogens with two attached hydrogens (primary N) is 1. The monoisotopic (exact) mass is 828 g/mol. The number of pyridine rings is 2. The number of halogens is 1. The third kappa shape index (κ3) is 9.11. The van der Waals surface area contributed by atoms with Crippen LogP contribution in [0.1, 0.15) is 61.9 Å². The van der Waals surface area contributed by atoms with Gasteiger partial charge < -0.3 is 51.5 Å². The second-order valence-corrected chi connectivity index (χ2v) is 15.3. The molecule has 0 unspecified atom stereocenters. The fourth-order valence-corrected chi connectivity index (χ4v) is 7.00. The molecule has 2 aromatic heterocycles. The number of rotatable bonds is 13. The lowest BCUT2D eigenvalue weighted by Gasteiger charge is -2.31. The number of hydrogen-bond acceptors (Lipinski definition) is 12. The van der Waals surface area contributed by atoms with Crippen LogP contribution in [-0.2, 0) is 65.2 Å². The molecule has 0 spiro atoms. The molecule has 0 saturated heterocycles. The second kappa shape index (κ2) is 17.2. The Kier molecular flexibility index (Phi) is 12.3. The van der Waals surface area contributed by atoms with Crippen LogP contribution in [0.3, 0.4) is 0 Å². The van der Waals surface area contributed by atoms with Gasteiger partial charge in [0.2, 0.25) is 23.6 Å². The van der Waals surface area contributed by atoms with Crippen molar-refractivity contribution in [3.05, 3.63) is 92.5 Å². The average Bonchev–Trinajstić information content (AvgIpc) is 3.57. The molecule has 2 aromatic carbocycles. The van der Waals surface area contributed by atoms with Gasteiger partial charge in [-0.3, -0.25) is 24.0 Å². The van der Waals surface area contributed by atoms with Crippen LogP contribution in [0.15, 0.2) is 53.3 Å². The molecule has 8 N–H and O–H groups in total. The van der Waals surface area contributed by atoms with Gasteiger partial charge in [0.25, 0.3) is 5.56 Å². The minimum Gasteiger partial charge on any atom is -0.458 e. The normalized spacial score (nSPS) is 15.8. The van der Waals surface area contributed by atoms with Crippen molar-refractivity contribution < 1.29 is 47.7 Å². The molecule has 60 heavy (non-hydrogen) atoms. The van der Waals surface area contributed by atoms with E-state index in [4.69, 9.17) is 20.2 Å². The highest BCUT2D eigenvalue weighted by Crippen LogP contribution is 2.41. The van der Waals surface area contributed by atoms with E-state index in [-0.39, 0.29) is 72.8 Å². The van der Waals surface area contributed by atoms with Gasteiger partial charge in [0.05, 0.1) is 54.3 Å². The number of carbonyl (C=O) groups is 6. The minimum absolute atomic E-state index is 0.0469. The molecule has 2 aliphatic heterocycles. The largest absolute Gasteiger partial charge is 0.458 e. The second-order valence-electron chi connectivity index (χ2n) is 15.3. The van der Waals surface area contributed by atoms with Crippen molar-refractivity contribution in [2.75, 3.05) is 25.0 Å². The topological polar surface area (TPSA) is 262 Å². The van der Waals surface area contributed by atoms with Crippen molar-refractivity contribution >= 4 is 52.3 Å². The molecule has 0 fully saturated rings. The standard InChI is InChI=1S/C41H45FN8O10/c1-5-41(58)26-13-31-35-24(19-50(31)37(55)25(26)20-59-38(41)56)23(16-46-39(57)60-40(2,3)4)22-12-29(27(42)14-28(22)49-35)47-34(53)18-45-36(54)30(11-21-9-7-6-8-10-21)48-33(52)17-44-32(51)15-43/h6-10,12-14,30,58H,5,11,15-20,43H2,1-4H3,(H,44,51)(H,45,54)(H,46,57)(H,47,53)(H,48,52)/t30-,41-/m0/s1. The van der Waals surface area contributed by atoms with Gasteiger partial charge in [-0.15, -0.1) is 0 Å². The first-order chi connectivity index (χ1) is 28.4. The zero-order chi connectivity index (χ0) is 43.5. The summed E-state index contributed by atoms with van der Waals surface area (Å²) in [6, 6.07) is 11.5. The Hall–Kier alpha value is -6.73. The molecule has 4 heterocycles. The van der Waals surface area contributed by atoms with E-state index in [9.17, 15) is 38.7 Å². The molecule has 0 aliphatic carbocycles. The Morgan fingerprint density at radius 2 is 1.72 bits per heavy atom. The van der Waals surface area contributed by atoms with Crippen LogP contribution in [-0.4, -0.2) is 81.6 Å². The highest BCUT2D eigenvalue weighted by Gasteiger charge is 2.45. The van der Waals surface area contributed by atoms with Gasteiger partial charge in [0.1, 0.15) is 24.1 Å². The van der Waals surface area contributed by atoms with Crippen LogP contribution in [0.2, 0.25) is 0 Å². The lowest BCUT2D eigenvalue weighted by Crippen LogP contribution is -2.51. The molecule has 0 bridgehead atoms. The molecular formula is C41H45FN8O10. The lowest BCUT2D eigenvalue weighted by molar-refractivity contribution is -0.172. The number of aromatic nitrogens is 2. The van der Waals surface area contributed by atoms with Gasteiger partial charge in [0, 0.05) is 35.5 Å². The summed E-state index contributed by atoms with van der Waals surface area (Å²) in [6.07, 6.45) is -0.789. The van der Waals surface area contributed by atoms with E-state index >= 15 is 4.39 Å². The summed E-state index contributed by atoms with van der Waals surface area (Å²) in [4.78, 5) is 94.8. The number of carbonyl (C=O) groups excluding carboxylic acids is 6. The van der Waals surface area contributed by atoms with Crippen molar-refractivity contribution in [3.8, 4) is 11.4 Å². The number of nitrogens with zero attached hydrogens (tertiary/aromatic N) is 2. The molecule has 4 aromatic rings. The molecule has 316 valence electrons. The van der Waals surface area contributed by atoms with Gasteiger partial charge in [0.15, 0.2) is 5.60 Å². The number of amides is 5. The van der Waals surface area contributed by atoms with Gasteiger partial charge >= 0.3 is 12.1 Å². The van der Waals surface area contributed by atoms with Crippen LogP contribution in [0.4, 0.5) is 14.9 Å². The Morgan fingerprint density at radius 3 is 2.40 bits per heavy atom. The fourth-order valence-electron chi connectivity index (χ4n) is 7.00. The number of esters is 1. The van der Waals surface area contributed by atoms with Crippen LogP contribution in [0.25, 0.3) is 22.3 Å². The first-order valence-electron chi connectivity index (χ1n) is 19.1. The summed E-state index contributed by atoms with van der Waals surface area (Å²) >= 11 is 0. The van der Waals surface area contributed by atoms with Gasteiger partial charge in [-0.1, -0.05) is 37.3 Å². The lowest BCUT2D eigenvalue weighted by atomic mass is 9.86. The molecule has 2 aliphatic rings. The van der Waals surface area contributed by atoms with Crippen LogP contribution < -0.4 is 37.9 Å². The Bertz CT molecular complexity index is 2470. The molecular weight excluding hydrogens is 783 g/mol. The number of aliphatic hydroxyl groups is 1. The van der Waals surface area contributed by atoms with Crippen LogP contribution >= 0.6 is 0 Å². The SMILES string of the molecule is CC[C@@]1(O)C(=O)OCc2c1cc1n(c2=O)Cc2c-1nc1cc(F)c(NC(=O)CNC(=O)[C@H](Cc3ccccc3)NC(=O)CNC(=O)CN)cc1c2CNC(=O)OC(C)(C)C. The van der Waals surface area contributed by atoms with E-state index < -0.39 is 77.4 Å². The van der Waals surface area contributed by atoms with E-state index in [1.807, 2.05) is 0 Å². The number of anilines is 1. The minimum atomic E-state index is -2.08. The van der Waals surface area contributed by atoms with E-state index in [2.05, 4.69) is 26.6 Å². The number of alkyl carbamates (subject to hydrolysis) is 1. The third-order valence-electron chi connectivity index (χ3n) is 9.97. The van der Waals surface area contributed by atoms with E-state index in [1.54, 1.807) is 58.0 Å². The molecule has 18 nitrogen and oxygen atoms in total. The highest BCUT2D eigenvalue weighted by atomic mass is 19.1. The predicted octanol–water partition coefficient (Wildman–Crippen LogP) is 1.10. The number of fused-ring (bicyclic) bond motifs is 5. The van der Waals surface area contributed by atoms with Gasteiger partial charge in [-0.05, 0) is 50.5 Å². The first-order valence-corrected chi connectivity index (χ1v) is 19.1. The molecule has 6 rings (SSSR count). The predicted molar refractivity (Wildman–Crippen MR) is 213 cm³/mol. The van der Waals surface area contributed by atoms with Crippen molar-refractivity contribution in [1.29, 1.82) is 0 Å². The summed E-state index contributed by atoms with van der Waals surface area (Å²) in [5, 5.41) is 24.1. The quantitative estimate of drug-likeness (QED) is 0.0824. The molecule has 2 atom stereocenters. The van der Waals surface area contributed by atoms with E-state index in [1.165, 1.54) is 16.7 Å². The molecule has 5 amide bonds. The van der Waals surface area contributed by atoms with Crippen molar-refractivity contribution in [3.63, 3.8) is 0 Å². The maximum Gasteiger partial charge on any atom is 0.407 e. The van der Waals surface area contributed by atoms with E-state index in [0.717, 1.165) is 6.07 Å². The molecule has 0 radical (unpaired) electrons.